The zero-order valence-corrected chi connectivity index (χ0v) is 12.0. The molecule has 2 aliphatic heterocycles. The molecule has 4 heteroatoms. The molecule has 3 heterocycles. The van der Waals surface area contributed by atoms with Gasteiger partial charge in [0.1, 0.15) is 0 Å². The first kappa shape index (κ1) is 15.2. The molecule has 1 aromatic rings. The van der Waals surface area contributed by atoms with E-state index in [1.165, 1.54) is 38.8 Å². The van der Waals surface area contributed by atoms with Gasteiger partial charge in [-0.1, -0.05) is 13.8 Å². The molecular formula is C14H27N3O. The second-order valence-electron chi connectivity index (χ2n) is 4.76. The molecule has 2 aliphatic rings. The fourth-order valence-corrected chi connectivity index (χ4v) is 2.83. The SMILES string of the molecule is CC.Cn1cccn1.OCC12CCCN1CCC2. The Labute approximate surface area is 111 Å². The zero-order chi connectivity index (χ0) is 13.4. The second-order valence-corrected chi connectivity index (χ2v) is 4.76. The highest BCUT2D eigenvalue weighted by atomic mass is 16.3. The van der Waals surface area contributed by atoms with E-state index in [9.17, 15) is 5.11 Å². The third-order valence-corrected chi connectivity index (χ3v) is 3.74. The summed E-state index contributed by atoms with van der Waals surface area (Å²) >= 11 is 0. The van der Waals surface area contributed by atoms with E-state index in [1.807, 2.05) is 33.2 Å². The molecule has 2 saturated heterocycles. The third-order valence-electron chi connectivity index (χ3n) is 3.74. The molecule has 0 saturated carbocycles. The Balaban J connectivity index is 0.000000174. The number of aliphatic hydroxyl groups excluding tert-OH is 1. The summed E-state index contributed by atoms with van der Waals surface area (Å²) in [6.07, 6.45) is 8.67. The number of fused-ring (bicyclic) bond motifs is 1. The van der Waals surface area contributed by atoms with Crippen molar-refractivity contribution in [1.82, 2.24) is 14.7 Å². The van der Waals surface area contributed by atoms with E-state index in [4.69, 9.17) is 0 Å². The summed E-state index contributed by atoms with van der Waals surface area (Å²) in [7, 11) is 1.89. The molecule has 0 atom stereocenters. The van der Waals surface area contributed by atoms with Gasteiger partial charge < -0.3 is 5.11 Å². The van der Waals surface area contributed by atoms with Gasteiger partial charge >= 0.3 is 0 Å². The van der Waals surface area contributed by atoms with Crippen molar-refractivity contribution in [3.05, 3.63) is 18.5 Å². The van der Waals surface area contributed by atoms with Crippen LogP contribution >= 0.6 is 0 Å². The fourth-order valence-electron chi connectivity index (χ4n) is 2.83. The van der Waals surface area contributed by atoms with Crippen LogP contribution in [0.1, 0.15) is 39.5 Å². The van der Waals surface area contributed by atoms with Gasteiger partial charge in [-0.15, -0.1) is 0 Å². The van der Waals surface area contributed by atoms with Crippen LogP contribution in [-0.4, -0.2) is 45.0 Å². The molecule has 0 spiro atoms. The first-order valence-corrected chi connectivity index (χ1v) is 7.06. The molecule has 0 amide bonds. The molecule has 0 radical (unpaired) electrons. The molecule has 0 unspecified atom stereocenters. The highest BCUT2D eigenvalue weighted by molar-refractivity contribution is 4.99. The Morgan fingerprint density at radius 2 is 1.83 bits per heavy atom. The standard InChI is InChI=1S/C8H15NO.C4H6N2.C2H6/c10-7-8-3-1-5-9(8)6-2-4-8;1-6-4-2-3-5-6;1-2/h10H,1-7H2;2-4H,1H3;1-2H3. The predicted molar refractivity (Wildman–Crippen MR) is 74.4 cm³/mol. The minimum atomic E-state index is 0.236. The fraction of sp³-hybridized carbons (Fsp3) is 0.786. The smallest absolute Gasteiger partial charge is 0.0615 e. The number of aliphatic hydroxyl groups is 1. The average molecular weight is 253 g/mol. The van der Waals surface area contributed by atoms with Gasteiger partial charge in [0, 0.05) is 25.0 Å². The van der Waals surface area contributed by atoms with E-state index < -0.39 is 0 Å². The maximum Gasteiger partial charge on any atom is 0.0615 e. The molecule has 3 rings (SSSR count). The summed E-state index contributed by atoms with van der Waals surface area (Å²) in [5, 5.41) is 13.0. The van der Waals surface area contributed by atoms with E-state index in [0.29, 0.717) is 6.61 Å². The quantitative estimate of drug-likeness (QED) is 0.833. The van der Waals surface area contributed by atoms with Gasteiger partial charge in [0.15, 0.2) is 0 Å². The largest absolute Gasteiger partial charge is 0.394 e. The molecule has 0 aliphatic carbocycles. The summed E-state index contributed by atoms with van der Waals surface area (Å²) in [6, 6.07) is 1.89. The summed E-state index contributed by atoms with van der Waals surface area (Å²) in [5.41, 5.74) is 0.236. The Bertz CT molecular complexity index is 301. The van der Waals surface area contributed by atoms with Gasteiger partial charge in [0.2, 0.25) is 0 Å². The van der Waals surface area contributed by atoms with Gasteiger partial charge in [0.25, 0.3) is 0 Å². The average Bonchev–Trinajstić information content (AvgIpc) is 3.08. The van der Waals surface area contributed by atoms with Gasteiger partial charge in [-0.05, 0) is 44.8 Å². The summed E-state index contributed by atoms with van der Waals surface area (Å²) < 4.78 is 1.75. The van der Waals surface area contributed by atoms with Crippen molar-refractivity contribution in [3.63, 3.8) is 0 Å². The van der Waals surface area contributed by atoms with Crippen molar-refractivity contribution in [2.45, 2.75) is 45.1 Å². The molecular weight excluding hydrogens is 226 g/mol. The highest BCUT2D eigenvalue weighted by Crippen LogP contribution is 2.37. The van der Waals surface area contributed by atoms with Crippen LogP contribution in [0.4, 0.5) is 0 Å². The molecule has 1 aromatic heterocycles. The summed E-state index contributed by atoms with van der Waals surface area (Å²) in [4.78, 5) is 2.47. The van der Waals surface area contributed by atoms with Crippen molar-refractivity contribution >= 4 is 0 Å². The number of aryl methyl sites for hydroxylation is 1. The Morgan fingerprint density at radius 3 is 2.11 bits per heavy atom. The normalized spacial score (nSPS) is 20.4. The minimum Gasteiger partial charge on any atom is -0.394 e. The van der Waals surface area contributed by atoms with Gasteiger partial charge in [0.05, 0.1) is 6.61 Å². The van der Waals surface area contributed by atoms with Crippen molar-refractivity contribution in [1.29, 1.82) is 0 Å². The minimum absolute atomic E-state index is 0.236. The molecule has 1 N–H and O–H groups in total. The van der Waals surface area contributed by atoms with Crippen LogP contribution in [0.15, 0.2) is 18.5 Å². The van der Waals surface area contributed by atoms with E-state index in [2.05, 4.69) is 10.00 Å². The Morgan fingerprint density at radius 1 is 1.22 bits per heavy atom. The lowest BCUT2D eigenvalue weighted by molar-refractivity contribution is 0.0999. The molecule has 104 valence electrons. The molecule has 0 aromatic carbocycles. The number of hydrogen-bond acceptors (Lipinski definition) is 3. The van der Waals surface area contributed by atoms with Crippen LogP contribution < -0.4 is 0 Å². The van der Waals surface area contributed by atoms with Gasteiger partial charge in [-0.25, -0.2) is 0 Å². The van der Waals surface area contributed by atoms with E-state index in [-0.39, 0.29) is 5.54 Å². The molecule has 0 bridgehead atoms. The lowest BCUT2D eigenvalue weighted by atomic mass is 9.96. The second kappa shape index (κ2) is 7.54. The van der Waals surface area contributed by atoms with E-state index in [0.717, 1.165) is 0 Å². The third kappa shape index (κ3) is 3.56. The monoisotopic (exact) mass is 253 g/mol. The number of rotatable bonds is 1. The maximum atomic E-state index is 9.19. The number of hydrogen-bond donors (Lipinski definition) is 1. The lowest BCUT2D eigenvalue weighted by Gasteiger charge is -2.29. The topological polar surface area (TPSA) is 41.3 Å². The van der Waals surface area contributed by atoms with Crippen LogP contribution in [0.2, 0.25) is 0 Å². The molecule has 4 nitrogen and oxygen atoms in total. The number of aromatic nitrogens is 2. The van der Waals surface area contributed by atoms with E-state index in [1.54, 1.807) is 10.9 Å². The van der Waals surface area contributed by atoms with Crippen LogP contribution in [-0.2, 0) is 7.05 Å². The van der Waals surface area contributed by atoms with Gasteiger partial charge in [-0.2, -0.15) is 5.10 Å². The van der Waals surface area contributed by atoms with Crippen LogP contribution in [0.25, 0.3) is 0 Å². The predicted octanol–water partition coefficient (Wildman–Crippen LogP) is 2.05. The number of nitrogens with zero attached hydrogens (tertiary/aromatic N) is 3. The van der Waals surface area contributed by atoms with Gasteiger partial charge in [-0.3, -0.25) is 9.58 Å². The lowest BCUT2D eigenvalue weighted by Crippen LogP contribution is -2.41. The summed E-state index contributed by atoms with van der Waals surface area (Å²) in [5.74, 6) is 0. The molecule has 2 fully saturated rings. The van der Waals surface area contributed by atoms with Crippen molar-refractivity contribution in [2.75, 3.05) is 19.7 Å². The van der Waals surface area contributed by atoms with Crippen LogP contribution in [0, 0.1) is 0 Å². The zero-order valence-electron chi connectivity index (χ0n) is 12.0. The molecule has 18 heavy (non-hydrogen) atoms. The van der Waals surface area contributed by atoms with Crippen LogP contribution in [0.3, 0.4) is 0 Å². The van der Waals surface area contributed by atoms with E-state index >= 15 is 0 Å². The van der Waals surface area contributed by atoms with Crippen LogP contribution in [0.5, 0.6) is 0 Å². The van der Waals surface area contributed by atoms with Crippen molar-refractivity contribution < 1.29 is 5.11 Å². The Kier molecular flexibility index (Phi) is 6.36. The Hall–Kier alpha value is -0.870. The first-order chi connectivity index (χ1) is 8.77. The first-order valence-electron chi connectivity index (χ1n) is 7.06. The highest BCUT2D eigenvalue weighted by Gasteiger charge is 2.43. The maximum absolute atomic E-state index is 9.19. The van der Waals surface area contributed by atoms with Crippen molar-refractivity contribution in [2.24, 2.45) is 7.05 Å². The summed E-state index contributed by atoms with van der Waals surface area (Å²) in [6.45, 7) is 6.83. The van der Waals surface area contributed by atoms with Crippen molar-refractivity contribution in [3.8, 4) is 0 Å².